The first-order valence-corrected chi connectivity index (χ1v) is 6.82. The van der Waals surface area contributed by atoms with Gasteiger partial charge in [0.05, 0.1) is 13.2 Å². The fraction of sp³-hybridized carbons (Fsp3) is 0.353. The van der Waals surface area contributed by atoms with E-state index in [1.54, 1.807) is 21.0 Å². The van der Waals surface area contributed by atoms with E-state index in [0.717, 1.165) is 11.3 Å². The van der Waals surface area contributed by atoms with Crippen LogP contribution in [0.15, 0.2) is 48.8 Å². The minimum Gasteiger partial charge on any atom is -0.497 e. The van der Waals surface area contributed by atoms with Gasteiger partial charge in [0.15, 0.2) is 0 Å². The highest BCUT2D eigenvalue weighted by atomic mass is 16.7. The van der Waals surface area contributed by atoms with Crippen molar-refractivity contribution in [2.75, 3.05) is 7.11 Å². The smallest absolute Gasteiger partial charge is 0.337 e. The standard InChI is InChI=1S/C17H20O4/c1-5-12(13-6-8-14(19-4)9-7-13)10-15-11-16(18)21-17(2,3)20-15/h5-9,11-12H,1,10H2,2-4H3. The van der Waals surface area contributed by atoms with Crippen molar-refractivity contribution < 1.29 is 19.0 Å². The average Bonchev–Trinajstić information content (AvgIpc) is 2.43. The maximum absolute atomic E-state index is 11.6. The number of rotatable bonds is 5. The first-order valence-electron chi connectivity index (χ1n) is 6.82. The Morgan fingerprint density at radius 3 is 2.48 bits per heavy atom. The van der Waals surface area contributed by atoms with Gasteiger partial charge in [-0.15, -0.1) is 6.58 Å². The van der Waals surface area contributed by atoms with Crippen LogP contribution in [0.25, 0.3) is 0 Å². The number of carbonyl (C=O) groups is 1. The van der Waals surface area contributed by atoms with E-state index in [1.807, 2.05) is 30.3 Å². The van der Waals surface area contributed by atoms with Gasteiger partial charge >= 0.3 is 5.97 Å². The van der Waals surface area contributed by atoms with Gasteiger partial charge in [0.25, 0.3) is 0 Å². The molecule has 0 amide bonds. The molecule has 1 unspecified atom stereocenters. The van der Waals surface area contributed by atoms with Gasteiger partial charge < -0.3 is 14.2 Å². The Labute approximate surface area is 125 Å². The van der Waals surface area contributed by atoms with Crippen LogP contribution in [0.5, 0.6) is 5.75 Å². The van der Waals surface area contributed by atoms with E-state index in [4.69, 9.17) is 14.2 Å². The number of cyclic esters (lactones) is 1. The summed E-state index contributed by atoms with van der Waals surface area (Å²) >= 11 is 0. The van der Waals surface area contributed by atoms with Gasteiger partial charge in [-0.25, -0.2) is 4.79 Å². The van der Waals surface area contributed by atoms with E-state index in [9.17, 15) is 4.79 Å². The lowest BCUT2D eigenvalue weighted by Gasteiger charge is -2.31. The summed E-state index contributed by atoms with van der Waals surface area (Å²) in [5, 5.41) is 0. The Balaban J connectivity index is 2.15. The van der Waals surface area contributed by atoms with Gasteiger partial charge in [0.2, 0.25) is 5.79 Å². The Bertz CT molecular complexity index is 555. The molecule has 0 saturated heterocycles. The number of hydrogen-bond acceptors (Lipinski definition) is 4. The maximum atomic E-state index is 11.6. The lowest BCUT2D eigenvalue weighted by molar-refractivity contribution is -0.206. The Morgan fingerprint density at radius 1 is 1.29 bits per heavy atom. The molecular formula is C17H20O4. The summed E-state index contributed by atoms with van der Waals surface area (Å²) in [6.07, 6.45) is 3.80. The van der Waals surface area contributed by atoms with Gasteiger partial charge in [-0.2, -0.15) is 0 Å². The van der Waals surface area contributed by atoms with Crippen LogP contribution in [0, 0.1) is 0 Å². The van der Waals surface area contributed by atoms with Crippen molar-refractivity contribution in [1.82, 2.24) is 0 Å². The van der Waals surface area contributed by atoms with Gasteiger partial charge in [-0.05, 0) is 17.7 Å². The van der Waals surface area contributed by atoms with E-state index in [1.165, 1.54) is 6.08 Å². The second-order valence-electron chi connectivity index (χ2n) is 5.35. The summed E-state index contributed by atoms with van der Waals surface area (Å²) < 4.78 is 15.9. The van der Waals surface area contributed by atoms with Gasteiger partial charge in [-0.1, -0.05) is 18.2 Å². The monoisotopic (exact) mass is 288 g/mol. The maximum Gasteiger partial charge on any atom is 0.337 e. The largest absolute Gasteiger partial charge is 0.497 e. The van der Waals surface area contributed by atoms with Crippen molar-refractivity contribution in [2.24, 2.45) is 0 Å². The highest BCUT2D eigenvalue weighted by molar-refractivity contribution is 5.83. The number of methoxy groups -OCH3 is 1. The molecule has 0 aromatic heterocycles. The number of ether oxygens (including phenoxy) is 3. The van der Waals surface area contributed by atoms with Crippen molar-refractivity contribution in [1.29, 1.82) is 0 Å². The first-order chi connectivity index (χ1) is 9.93. The fourth-order valence-electron chi connectivity index (χ4n) is 2.27. The summed E-state index contributed by atoms with van der Waals surface area (Å²) in [6.45, 7) is 7.30. The Kier molecular flexibility index (Phi) is 4.36. The van der Waals surface area contributed by atoms with Crippen LogP contribution in [0.2, 0.25) is 0 Å². The predicted molar refractivity (Wildman–Crippen MR) is 79.9 cm³/mol. The van der Waals surface area contributed by atoms with Crippen LogP contribution in [-0.2, 0) is 14.3 Å². The molecule has 0 radical (unpaired) electrons. The molecule has 4 nitrogen and oxygen atoms in total. The molecule has 21 heavy (non-hydrogen) atoms. The number of carbonyl (C=O) groups excluding carboxylic acids is 1. The van der Waals surface area contributed by atoms with Crippen molar-refractivity contribution >= 4 is 5.97 Å². The molecular weight excluding hydrogens is 268 g/mol. The SMILES string of the molecule is C=CC(CC1=CC(=O)OC(C)(C)O1)c1ccc(OC)cc1. The van der Waals surface area contributed by atoms with E-state index in [-0.39, 0.29) is 11.9 Å². The summed E-state index contributed by atoms with van der Waals surface area (Å²) in [7, 11) is 1.63. The molecule has 1 aliphatic heterocycles. The molecule has 0 N–H and O–H groups in total. The Hall–Kier alpha value is -2.23. The van der Waals surface area contributed by atoms with Crippen LogP contribution < -0.4 is 4.74 Å². The predicted octanol–water partition coefficient (Wildman–Crippen LogP) is 3.55. The van der Waals surface area contributed by atoms with E-state index < -0.39 is 5.79 Å². The van der Waals surface area contributed by atoms with E-state index in [0.29, 0.717) is 12.2 Å². The summed E-state index contributed by atoms with van der Waals surface area (Å²) in [5.74, 6) is 0.173. The highest BCUT2D eigenvalue weighted by Crippen LogP contribution is 2.31. The molecule has 2 rings (SSSR count). The quantitative estimate of drug-likeness (QED) is 0.614. The molecule has 0 aliphatic carbocycles. The molecule has 1 aromatic carbocycles. The second kappa shape index (κ2) is 6.04. The number of benzene rings is 1. The molecule has 0 saturated carbocycles. The van der Waals surface area contributed by atoms with Crippen molar-refractivity contribution in [2.45, 2.75) is 32.0 Å². The van der Waals surface area contributed by atoms with Gasteiger partial charge in [0.1, 0.15) is 11.5 Å². The molecule has 0 spiro atoms. The van der Waals surface area contributed by atoms with Gasteiger partial charge in [0, 0.05) is 26.2 Å². The van der Waals surface area contributed by atoms with Crippen molar-refractivity contribution in [3.05, 3.63) is 54.3 Å². The zero-order valence-corrected chi connectivity index (χ0v) is 12.6. The van der Waals surface area contributed by atoms with Crippen LogP contribution >= 0.6 is 0 Å². The van der Waals surface area contributed by atoms with Crippen LogP contribution in [0.1, 0.15) is 31.7 Å². The lowest BCUT2D eigenvalue weighted by atomic mass is 9.94. The Morgan fingerprint density at radius 2 is 1.95 bits per heavy atom. The number of esters is 1. The zero-order chi connectivity index (χ0) is 15.5. The number of hydrogen-bond donors (Lipinski definition) is 0. The fourth-order valence-corrected chi connectivity index (χ4v) is 2.27. The molecule has 1 aromatic rings. The van der Waals surface area contributed by atoms with Crippen LogP contribution in [-0.4, -0.2) is 18.9 Å². The summed E-state index contributed by atoms with van der Waals surface area (Å²) in [5.41, 5.74) is 1.09. The highest BCUT2D eigenvalue weighted by Gasteiger charge is 2.30. The normalized spacial score (nSPS) is 18.0. The summed E-state index contributed by atoms with van der Waals surface area (Å²) in [6, 6.07) is 7.77. The molecule has 1 atom stereocenters. The van der Waals surface area contributed by atoms with E-state index in [2.05, 4.69) is 6.58 Å². The minimum absolute atomic E-state index is 0.0591. The molecule has 0 bridgehead atoms. The molecule has 0 fully saturated rings. The topological polar surface area (TPSA) is 44.8 Å². The molecule has 1 aliphatic rings. The third-order valence-electron chi connectivity index (χ3n) is 3.25. The minimum atomic E-state index is -0.924. The van der Waals surface area contributed by atoms with E-state index >= 15 is 0 Å². The molecule has 1 heterocycles. The van der Waals surface area contributed by atoms with Gasteiger partial charge in [-0.3, -0.25) is 0 Å². The third-order valence-corrected chi connectivity index (χ3v) is 3.25. The molecule has 112 valence electrons. The third kappa shape index (κ3) is 3.88. The second-order valence-corrected chi connectivity index (χ2v) is 5.35. The van der Waals surface area contributed by atoms with Crippen LogP contribution in [0.3, 0.4) is 0 Å². The average molecular weight is 288 g/mol. The zero-order valence-electron chi connectivity index (χ0n) is 12.6. The lowest BCUT2D eigenvalue weighted by Crippen LogP contribution is -2.34. The number of allylic oxidation sites excluding steroid dienone is 2. The molecule has 4 heteroatoms. The van der Waals surface area contributed by atoms with Crippen molar-refractivity contribution in [3.8, 4) is 5.75 Å². The summed E-state index contributed by atoms with van der Waals surface area (Å²) in [4.78, 5) is 11.6. The van der Waals surface area contributed by atoms with Crippen LogP contribution in [0.4, 0.5) is 0 Å². The first kappa shape index (κ1) is 15.2. The van der Waals surface area contributed by atoms with Crippen molar-refractivity contribution in [3.63, 3.8) is 0 Å².